The fraction of sp³-hybridized carbons (Fsp3) is 0. The molecule has 0 spiro atoms. The Morgan fingerprint density at radius 2 is 1.35 bits per heavy atom. The second kappa shape index (κ2) is 6.32. The Hall–Kier alpha value is -3.10. The Kier molecular flexibility index (Phi) is 3.69. The van der Waals surface area contributed by atoms with Gasteiger partial charge in [-0.3, -0.25) is 0 Å². The highest BCUT2D eigenvalue weighted by molar-refractivity contribution is 7.26. The second-order valence-corrected chi connectivity index (χ2v) is 7.43. The molecule has 0 atom stereocenters. The molecule has 0 aliphatic rings. The Balaban J connectivity index is 1.71. The molecule has 124 valence electrons. The van der Waals surface area contributed by atoms with Crippen molar-refractivity contribution < 1.29 is 0 Å². The molecule has 2 heteroatoms. The number of thiophene rings is 1. The number of para-hydroxylation sites is 1. The third-order valence-electron chi connectivity index (χ3n) is 4.65. The second-order valence-electron chi connectivity index (χ2n) is 6.35. The number of anilines is 2. The first-order valence-electron chi connectivity index (χ1n) is 8.71. The summed E-state index contributed by atoms with van der Waals surface area (Å²) in [7, 11) is 0. The molecule has 5 rings (SSSR count). The van der Waals surface area contributed by atoms with Gasteiger partial charge >= 0.3 is 0 Å². The van der Waals surface area contributed by atoms with Gasteiger partial charge in [-0.25, -0.2) is 0 Å². The SMILES string of the molecule is c1ccc(Nc2cccc3sc4ccc(-c5ccccc5)cc4c23)cc1. The van der Waals surface area contributed by atoms with Gasteiger partial charge in [0.05, 0.1) is 0 Å². The van der Waals surface area contributed by atoms with Crippen LogP contribution in [0, 0.1) is 0 Å². The number of hydrogen-bond donors (Lipinski definition) is 1. The molecule has 5 aromatic rings. The van der Waals surface area contributed by atoms with Crippen LogP contribution in [0.1, 0.15) is 0 Å². The molecule has 0 unspecified atom stereocenters. The van der Waals surface area contributed by atoms with E-state index in [0.29, 0.717) is 0 Å². The molecule has 1 N–H and O–H groups in total. The van der Waals surface area contributed by atoms with E-state index in [1.807, 2.05) is 17.4 Å². The summed E-state index contributed by atoms with van der Waals surface area (Å²) in [5.74, 6) is 0. The van der Waals surface area contributed by atoms with E-state index in [4.69, 9.17) is 0 Å². The van der Waals surface area contributed by atoms with Gasteiger partial charge in [0.25, 0.3) is 0 Å². The van der Waals surface area contributed by atoms with E-state index >= 15 is 0 Å². The van der Waals surface area contributed by atoms with Crippen molar-refractivity contribution >= 4 is 42.9 Å². The van der Waals surface area contributed by atoms with Crippen molar-refractivity contribution in [3.63, 3.8) is 0 Å². The third-order valence-corrected chi connectivity index (χ3v) is 5.79. The standard InChI is InChI=1S/C24H17NS/c1-3-8-17(9-4-1)18-14-15-22-20(16-18)24-21(12-7-13-23(24)26-22)25-19-10-5-2-6-11-19/h1-16,25H. The van der Waals surface area contributed by atoms with Crippen LogP contribution >= 0.6 is 11.3 Å². The van der Waals surface area contributed by atoms with Gasteiger partial charge in [0.2, 0.25) is 0 Å². The molecule has 1 aromatic heterocycles. The summed E-state index contributed by atoms with van der Waals surface area (Å²) in [5, 5.41) is 6.20. The quantitative estimate of drug-likeness (QED) is 0.355. The fourth-order valence-electron chi connectivity index (χ4n) is 3.42. The van der Waals surface area contributed by atoms with E-state index in [1.54, 1.807) is 0 Å². The lowest BCUT2D eigenvalue weighted by atomic mass is 10.0. The summed E-state index contributed by atoms with van der Waals surface area (Å²) in [4.78, 5) is 0. The minimum atomic E-state index is 1.11. The molecule has 1 heterocycles. The van der Waals surface area contributed by atoms with Crippen molar-refractivity contribution in [2.75, 3.05) is 5.32 Å². The van der Waals surface area contributed by atoms with Crippen molar-refractivity contribution in [2.45, 2.75) is 0 Å². The van der Waals surface area contributed by atoms with E-state index in [2.05, 4.69) is 96.3 Å². The lowest BCUT2D eigenvalue weighted by molar-refractivity contribution is 1.59. The van der Waals surface area contributed by atoms with Crippen LogP contribution in [0.2, 0.25) is 0 Å². The zero-order chi connectivity index (χ0) is 17.3. The molecule has 0 amide bonds. The summed E-state index contributed by atoms with van der Waals surface area (Å²) < 4.78 is 2.63. The normalized spacial score (nSPS) is 11.1. The van der Waals surface area contributed by atoms with E-state index in [9.17, 15) is 0 Å². The number of hydrogen-bond acceptors (Lipinski definition) is 2. The van der Waals surface area contributed by atoms with Crippen LogP contribution in [0.25, 0.3) is 31.3 Å². The predicted molar refractivity (Wildman–Crippen MR) is 114 cm³/mol. The zero-order valence-electron chi connectivity index (χ0n) is 14.1. The van der Waals surface area contributed by atoms with Crippen LogP contribution in [0.5, 0.6) is 0 Å². The molecule has 4 aromatic carbocycles. The molecule has 0 saturated heterocycles. The van der Waals surface area contributed by atoms with Gasteiger partial charge in [0, 0.05) is 31.5 Å². The minimum absolute atomic E-state index is 1.11. The largest absolute Gasteiger partial charge is 0.355 e. The van der Waals surface area contributed by atoms with Crippen molar-refractivity contribution in [2.24, 2.45) is 0 Å². The monoisotopic (exact) mass is 351 g/mol. The van der Waals surface area contributed by atoms with Crippen LogP contribution in [-0.4, -0.2) is 0 Å². The van der Waals surface area contributed by atoms with Crippen LogP contribution < -0.4 is 5.32 Å². The van der Waals surface area contributed by atoms with Crippen molar-refractivity contribution in [3.8, 4) is 11.1 Å². The Morgan fingerprint density at radius 3 is 2.15 bits per heavy atom. The Labute approximate surface area is 156 Å². The van der Waals surface area contributed by atoms with Crippen LogP contribution in [0.15, 0.2) is 97.1 Å². The van der Waals surface area contributed by atoms with Crippen LogP contribution in [-0.2, 0) is 0 Å². The van der Waals surface area contributed by atoms with Gasteiger partial charge in [0.1, 0.15) is 0 Å². The molecule has 0 aliphatic carbocycles. The zero-order valence-corrected chi connectivity index (χ0v) is 15.0. The van der Waals surface area contributed by atoms with Crippen LogP contribution in [0.3, 0.4) is 0 Å². The van der Waals surface area contributed by atoms with E-state index in [-0.39, 0.29) is 0 Å². The van der Waals surface area contributed by atoms with Crippen molar-refractivity contribution in [1.29, 1.82) is 0 Å². The predicted octanol–water partition coefficient (Wildman–Crippen LogP) is 7.47. The van der Waals surface area contributed by atoms with Gasteiger partial charge in [-0.05, 0) is 47.5 Å². The first kappa shape index (κ1) is 15.2. The maximum absolute atomic E-state index is 3.59. The molecule has 0 aliphatic heterocycles. The van der Waals surface area contributed by atoms with Crippen LogP contribution in [0.4, 0.5) is 11.4 Å². The maximum Gasteiger partial charge on any atom is 0.0478 e. The van der Waals surface area contributed by atoms with Gasteiger partial charge < -0.3 is 5.32 Å². The molecule has 26 heavy (non-hydrogen) atoms. The molecular weight excluding hydrogens is 334 g/mol. The maximum atomic E-state index is 3.59. The highest BCUT2D eigenvalue weighted by Gasteiger charge is 2.11. The molecular formula is C24H17NS. The summed E-state index contributed by atoms with van der Waals surface area (Å²) in [6, 6.07) is 34.2. The molecule has 0 saturated carbocycles. The smallest absolute Gasteiger partial charge is 0.0478 e. The summed E-state index contributed by atoms with van der Waals surface area (Å²) >= 11 is 1.85. The number of benzene rings is 4. The number of rotatable bonds is 3. The molecule has 0 bridgehead atoms. The van der Waals surface area contributed by atoms with Gasteiger partial charge in [-0.2, -0.15) is 0 Å². The number of fused-ring (bicyclic) bond motifs is 3. The molecule has 1 nitrogen and oxygen atoms in total. The van der Waals surface area contributed by atoms with Crippen molar-refractivity contribution in [1.82, 2.24) is 0 Å². The van der Waals surface area contributed by atoms with Crippen molar-refractivity contribution in [3.05, 3.63) is 97.1 Å². The molecule has 0 radical (unpaired) electrons. The third kappa shape index (κ3) is 2.65. The van der Waals surface area contributed by atoms with E-state index in [1.165, 1.54) is 31.3 Å². The topological polar surface area (TPSA) is 12.0 Å². The Morgan fingerprint density at radius 1 is 0.577 bits per heavy atom. The fourth-order valence-corrected chi connectivity index (χ4v) is 4.53. The summed E-state index contributed by atoms with van der Waals surface area (Å²) in [6.07, 6.45) is 0. The highest BCUT2D eigenvalue weighted by atomic mass is 32.1. The number of nitrogens with one attached hydrogen (secondary N) is 1. The van der Waals surface area contributed by atoms with Gasteiger partial charge in [-0.15, -0.1) is 11.3 Å². The highest BCUT2D eigenvalue weighted by Crippen LogP contribution is 2.40. The summed E-state index contributed by atoms with van der Waals surface area (Å²) in [6.45, 7) is 0. The minimum Gasteiger partial charge on any atom is -0.355 e. The lowest BCUT2D eigenvalue weighted by Crippen LogP contribution is -1.90. The van der Waals surface area contributed by atoms with Gasteiger partial charge in [0.15, 0.2) is 0 Å². The van der Waals surface area contributed by atoms with Gasteiger partial charge in [-0.1, -0.05) is 60.7 Å². The lowest BCUT2D eigenvalue weighted by Gasteiger charge is -2.09. The first-order chi connectivity index (χ1) is 12.9. The average molecular weight is 351 g/mol. The first-order valence-corrected chi connectivity index (χ1v) is 9.53. The Bertz CT molecular complexity index is 1190. The summed E-state index contributed by atoms with van der Waals surface area (Å²) in [5.41, 5.74) is 4.78. The average Bonchev–Trinajstić information content (AvgIpc) is 3.08. The van der Waals surface area contributed by atoms with E-state index in [0.717, 1.165) is 11.4 Å². The molecule has 0 fully saturated rings. The van der Waals surface area contributed by atoms with E-state index < -0.39 is 0 Å².